The maximum absolute atomic E-state index is 2.35. The van der Waals surface area contributed by atoms with Gasteiger partial charge in [-0.3, -0.25) is 0 Å². The third kappa shape index (κ3) is 6.65. The second kappa shape index (κ2) is 14.3. The van der Waals surface area contributed by atoms with Gasteiger partial charge in [-0.05, 0) is 115 Å². The van der Waals surface area contributed by atoms with Crippen molar-refractivity contribution in [2.24, 2.45) is 0 Å². The van der Waals surface area contributed by atoms with Crippen molar-refractivity contribution in [2.75, 3.05) is 4.90 Å². The van der Waals surface area contributed by atoms with E-state index in [1.807, 2.05) is 0 Å². The molecule has 250 valence electrons. The molecule has 0 atom stereocenters. The molecule has 0 saturated heterocycles. The Morgan fingerprint density at radius 3 is 1.21 bits per heavy atom. The van der Waals surface area contributed by atoms with E-state index in [1.54, 1.807) is 0 Å². The van der Waals surface area contributed by atoms with E-state index in [2.05, 4.69) is 229 Å². The van der Waals surface area contributed by atoms with Crippen molar-refractivity contribution in [1.29, 1.82) is 0 Å². The van der Waals surface area contributed by atoms with Crippen molar-refractivity contribution >= 4 is 27.8 Å². The third-order valence-corrected chi connectivity index (χ3v) is 10.1. The maximum atomic E-state index is 2.35. The first-order chi connectivity index (χ1) is 26.3. The SMILES string of the molecule is c1ccc(-c2ccc(N(c3ccc(-c4ccccc4)cc3)c3cccc(-c4cccc(-c5ccc6cccc(-c7ccccc7)c6c5)c4)c3)cc2)cc1. The highest BCUT2D eigenvalue weighted by Crippen LogP contribution is 2.39. The molecule has 9 aromatic carbocycles. The lowest BCUT2D eigenvalue weighted by atomic mass is 9.93. The molecule has 0 aliphatic rings. The largest absolute Gasteiger partial charge is 0.310 e. The molecular weight excluding hydrogens is 639 g/mol. The predicted octanol–water partition coefficient (Wildman–Crippen LogP) is 14.6. The molecule has 0 radical (unpaired) electrons. The van der Waals surface area contributed by atoms with E-state index in [-0.39, 0.29) is 0 Å². The van der Waals surface area contributed by atoms with Crippen LogP contribution in [0.25, 0.3) is 66.4 Å². The molecule has 53 heavy (non-hydrogen) atoms. The maximum Gasteiger partial charge on any atom is 0.0467 e. The molecule has 0 aliphatic carbocycles. The van der Waals surface area contributed by atoms with E-state index in [0.717, 1.165) is 17.1 Å². The number of hydrogen-bond donors (Lipinski definition) is 0. The molecular formula is C52H37N. The normalized spacial score (nSPS) is 11.0. The lowest BCUT2D eigenvalue weighted by Crippen LogP contribution is -2.10. The Labute approximate surface area is 311 Å². The Morgan fingerprint density at radius 2 is 0.642 bits per heavy atom. The van der Waals surface area contributed by atoms with Crippen molar-refractivity contribution in [2.45, 2.75) is 0 Å². The summed E-state index contributed by atoms with van der Waals surface area (Å²) in [5.41, 5.74) is 15.4. The van der Waals surface area contributed by atoms with Crippen molar-refractivity contribution < 1.29 is 0 Å². The molecule has 0 N–H and O–H groups in total. The highest BCUT2D eigenvalue weighted by atomic mass is 15.1. The van der Waals surface area contributed by atoms with E-state index in [9.17, 15) is 0 Å². The van der Waals surface area contributed by atoms with Crippen molar-refractivity contribution in [3.63, 3.8) is 0 Å². The van der Waals surface area contributed by atoms with Crippen LogP contribution in [0.3, 0.4) is 0 Å². The number of benzene rings is 9. The van der Waals surface area contributed by atoms with Gasteiger partial charge in [0.15, 0.2) is 0 Å². The summed E-state index contributed by atoms with van der Waals surface area (Å²) in [6.45, 7) is 0. The first-order valence-electron chi connectivity index (χ1n) is 18.2. The van der Waals surface area contributed by atoms with Gasteiger partial charge in [0, 0.05) is 17.1 Å². The van der Waals surface area contributed by atoms with Crippen LogP contribution in [0.1, 0.15) is 0 Å². The summed E-state index contributed by atoms with van der Waals surface area (Å²) in [5.74, 6) is 0. The molecule has 0 bridgehead atoms. The number of anilines is 3. The van der Waals surface area contributed by atoms with Gasteiger partial charge in [0.25, 0.3) is 0 Å². The smallest absolute Gasteiger partial charge is 0.0467 e. The van der Waals surface area contributed by atoms with Crippen LogP contribution in [0.4, 0.5) is 17.1 Å². The fourth-order valence-electron chi connectivity index (χ4n) is 7.34. The first kappa shape index (κ1) is 32.0. The van der Waals surface area contributed by atoms with Gasteiger partial charge in [-0.1, -0.05) is 176 Å². The lowest BCUT2D eigenvalue weighted by Gasteiger charge is -2.26. The molecule has 1 nitrogen and oxygen atoms in total. The monoisotopic (exact) mass is 675 g/mol. The van der Waals surface area contributed by atoms with Gasteiger partial charge < -0.3 is 4.90 Å². The van der Waals surface area contributed by atoms with E-state index < -0.39 is 0 Å². The first-order valence-corrected chi connectivity index (χ1v) is 18.2. The summed E-state index contributed by atoms with van der Waals surface area (Å²) in [5, 5.41) is 2.50. The molecule has 0 unspecified atom stereocenters. The summed E-state index contributed by atoms with van der Waals surface area (Å²) in [6, 6.07) is 80.8. The van der Waals surface area contributed by atoms with Crippen LogP contribution in [-0.2, 0) is 0 Å². The second-order valence-corrected chi connectivity index (χ2v) is 13.4. The van der Waals surface area contributed by atoms with Crippen molar-refractivity contribution in [3.05, 3.63) is 224 Å². The minimum absolute atomic E-state index is 1.10. The van der Waals surface area contributed by atoms with Gasteiger partial charge in [0.05, 0.1) is 0 Å². The zero-order valence-corrected chi connectivity index (χ0v) is 29.3. The van der Waals surface area contributed by atoms with Gasteiger partial charge in [0.2, 0.25) is 0 Å². The summed E-state index contributed by atoms with van der Waals surface area (Å²) >= 11 is 0. The average molecular weight is 676 g/mol. The molecule has 0 spiro atoms. The molecule has 0 fully saturated rings. The summed E-state index contributed by atoms with van der Waals surface area (Å²) in [6.07, 6.45) is 0. The van der Waals surface area contributed by atoms with E-state index in [4.69, 9.17) is 0 Å². The van der Waals surface area contributed by atoms with Crippen molar-refractivity contribution in [1.82, 2.24) is 0 Å². The Bertz CT molecular complexity index is 2540. The molecule has 1 heteroatoms. The predicted molar refractivity (Wildman–Crippen MR) is 226 cm³/mol. The quantitative estimate of drug-likeness (QED) is 0.155. The zero-order chi connectivity index (χ0) is 35.4. The molecule has 0 aliphatic heterocycles. The minimum Gasteiger partial charge on any atom is -0.310 e. The number of fused-ring (bicyclic) bond motifs is 1. The van der Waals surface area contributed by atoms with Crippen LogP contribution in [0.5, 0.6) is 0 Å². The van der Waals surface area contributed by atoms with Crippen LogP contribution in [0, 0.1) is 0 Å². The van der Waals surface area contributed by atoms with Crippen LogP contribution in [0.15, 0.2) is 224 Å². The zero-order valence-electron chi connectivity index (χ0n) is 29.3. The van der Waals surface area contributed by atoms with Gasteiger partial charge in [-0.15, -0.1) is 0 Å². The van der Waals surface area contributed by atoms with Gasteiger partial charge in [0.1, 0.15) is 0 Å². The molecule has 9 aromatic rings. The van der Waals surface area contributed by atoms with Crippen molar-refractivity contribution in [3.8, 4) is 55.6 Å². The third-order valence-electron chi connectivity index (χ3n) is 10.1. The fraction of sp³-hybridized carbons (Fsp3) is 0. The Balaban J connectivity index is 1.09. The summed E-state index contributed by atoms with van der Waals surface area (Å²) < 4.78 is 0. The minimum atomic E-state index is 1.10. The molecule has 0 amide bonds. The topological polar surface area (TPSA) is 3.24 Å². The van der Waals surface area contributed by atoms with Gasteiger partial charge in [-0.25, -0.2) is 0 Å². The highest BCUT2D eigenvalue weighted by molar-refractivity contribution is 5.99. The fourth-order valence-corrected chi connectivity index (χ4v) is 7.34. The van der Waals surface area contributed by atoms with E-state index in [1.165, 1.54) is 66.4 Å². The Morgan fingerprint density at radius 1 is 0.226 bits per heavy atom. The number of hydrogen-bond acceptors (Lipinski definition) is 1. The standard InChI is InChI=1S/C52H37N/c1-4-13-38(14-5-1)40-27-31-48(32-28-40)53(49-33-29-41(30-34-49)39-15-6-2-7-16-39)50-23-11-22-46(36-50)44-20-10-21-45(35-44)47-26-25-43-19-12-24-51(52(43)37-47)42-17-8-3-9-18-42/h1-37H. The molecule has 0 aromatic heterocycles. The second-order valence-electron chi connectivity index (χ2n) is 13.4. The number of nitrogens with zero attached hydrogens (tertiary/aromatic N) is 1. The highest BCUT2D eigenvalue weighted by Gasteiger charge is 2.15. The van der Waals surface area contributed by atoms with Gasteiger partial charge in [-0.2, -0.15) is 0 Å². The van der Waals surface area contributed by atoms with E-state index >= 15 is 0 Å². The molecule has 0 heterocycles. The Kier molecular flexibility index (Phi) is 8.66. The summed E-state index contributed by atoms with van der Waals surface area (Å²) in [4.78, 5) is 2.35. The van der Waals surface area contributed by atoms with Crippen LogP contribution in [-0.4, -0.2) is 0 Å². The molecule has 0 saturated carbocycles. The summed E-state index contributed by atoms with van der Waals surface area (Å²) in [7, 11) is 0. The lowest BCUT2D eigenvalue weighted by molar-refractivity contribution is 1.28. The van der Waals surface area contributed by atoms with Crippen LogP contribution in [0.2, 0.25) is 0 Å². The van der Waals surface area contributed by atoms with Crippen LogP contribution < -0.4 is 4.90 Å². The number of rotatable bonds is 8. The van der Waals surface area contributed by atoms with E-state index in [0.29, 0.717) is 0 Å². The van der Waals surface area contributed by atoms with Crippen LogP contribution >= 0.6 is 0 Å². The van der Waals surface area contributed by atoms with Gasteiger partial charge >= 0.3 is 0 Å². The Hall–Kier alpha value is -6.96. The molecule has 9 rings (SSSR count). The average Bonchev–Trinajstić information content (AvgIpc) is 3.25.